The topological polar surface area (TPSA) is 3.24 Å². The molecule has 84 valence electrons. The van der Waals surface area contributed by atoms with E-state index < -0.39 is 11.6 Å². The fourth-order valence-electron chi connectivity index (χ4n) is 2.25. The molecule has 1 atom stereocenters. The summed E-state index contributed by atoms with van der Waals surface area (Å²) in [5.41, 5.74) is 0.223. The first-order valence-corrected chi connectivity index (χ1v) is 6.34. The van der Waals surface area contributed by atoms with Gasteiger partial charge in [0.05, 0.1) is 0 Å². The van der Waals surface area contributed by atoms with Crippen molar-refractivity contribution < 1.29 is 28.8 Å². The monoisotopic (exact) mass is 257 g/mol. The summed E-state index contributed by atoms with van der Waals surface area (Å²) < 4.78 is 29.3. The molecule has 1 heterocycles. The van der Waals surface area contributed by atoms with Crippen LogP contribution in [0, 0.1) is 11.6 Å². The third kappa shape index (κ3) is 2.32. The molecule has 16 heavy (non-hydrogen) atoms. The predicted octanol–water partition coefficient (Wildman–Crippen LogP) is 2.80. The molecule has 0 radical (unpaired) electrons. The molecule has 0 aliphatic carbocycles. The normalized spacial score (nSPS) is 21.9. The molecule has 1 saturated heterocycles. The number of benzene rings is 1. The minimum absolute atomic E-state index is 0.139. The molecule has 0 bridgehead atoms. The maximum absolute atomic E-state index is 13.7. The van der Waals surface area contributed by atoms with Crippen molar-refractivity contribution >= 4 is 4.44 Å². The van der Waals surface area contributed by atoms with Crippen LogP contribution >= 0.6 is 0 Å². The first-order chi connectivity index (χ1) is 7.74. The van der Waals surface area contributed by atoms with E-state index in [9.17, 15) is 8.78 Å². The summed E-state index contributed by atoms with van der Waals surface area (Å²) in [6.07, 6.45) is 2.95. The van der Waals surface area contributed by atoms with Crippen LogP contribution < -0.4 is 0 Å². The Labute approximate surface area is 105 Å². The second-order valence-corrected chi connectivity index (χ2v) is 4.42. The van der Waals surface area contributed by atoms with Gasteiger partial charge in [0, 0.05) is 0 Å². The van der Waals surface area contributed by atoms with Crippen LogP contribution in [-0.2, 0) is 20.0 Å². The van der Waals surface area contributed by atoms with Crippen molar-refractivity contribution in [3.05, 3.63) is 35.4 Å². The molecular weight excluding hydrogens is 244 g/mol. The molecule has 4 heteroatoms. The van der Waals surface area contributed by atoms with E-state index in [2.05, 4.69) is 0 Å². The molecule has 1 aromatic rings. The van der Waals surface area contributed by atoms with E-state index in [-0.39, 0.29) is 11.6 Å². The van der Waals surface area contributed by atoms with Crippen LogP contribution in [0.5, 0.6) is 0 Å². The Kier molecular flexibility index (Phi) is 4.01. The summed E-state index contributed by atoms with van der Waals surface area (Å²) in [5, 5.41) is 0. The minimum atomic E-state index is -0.432. The second-order valence-electron chi connectivity index (χ2n) is 4.01. The van der Waals surface area contributed by atoms with E-state index >= 15 is 0 Å². The van der Waals surface area contributed by atoms with Gasteiger partial charge < -0.3 is 0 Å². The summed E-state index contributed by atoms with van der Waals surface area (Å²) in [7, 11) is 0. The third-order valence-electron chi connectivity index (χ3n) is 3.04. The van der Waals surface area contributed by atoms with Crippen LogP contribution in [0.15, 0.2) is 18.2 Å². The van der Waals surface area contributed by atoms with Crippen molar-refractivity contribution in [2.75, 3.05) is 6.54 Å². The average molecular weight is 257 g/mol. The van der Waals surface area contributed by atoms with Crippen molar-refractivity contribution in [2.45, 2.75) is 25.3 Å². The maximum atomic E-state index is 13.7. The van der Waals surface area contributed by atoms with Gasteiger partial charge in [-0.3, -0.25) is 0 Å². The van der Waals surface area contributed by atoms with E-state index in [1.807, 2.05) is 29.3 Å². The zero-order valence-electron chi connectivity index (χ0n) is 8.92. The number of rotatable bonds is 2. The van der Waals surface area contributed by atoms with Crippen molar-refractivity contribution in [2.24, 2.45) is 0 Å². The Morgan fingerprint density at radius 3 is 2.56 bits per heavy atom. The number of piperidine rings is 1. The van der Waals surface area contributed by atoms with Gasteiger partial charge in [0.15, 0.2) is 0 Å². The van der Waals surface area contributed by atoms with E-state index in [1.165, 1.54) is 18.2 Å². The van der Waals surface area contributed by atoms with E-state index in [4.69, 9.17) is 0 Å². The van der Waals surface area contributed by atoms with Crippen LogP contribution in [0.2, 0.25) is 0 Å². The van der Waals surface area contributed by atoms with Crippen LogP contribution in [0.25, 0.3) is 0 Å². The van der Waals surface area contributed by atoms with Crippen LogP contribution in [0.4, 0.5) is 8.78 Å². The van der Waals surface area contributed by atoms with Crippen molar-refractivity contribution in [3.8, 4) is 0 Å². The van der Waals surface area contributed by atoms with E-state index in [0.29, 0.717) is 0 Å². The quantitative estimate of drug-likeness (QED) is 0.736. The Bertz CT molecular complexity index is 374. The Hall–Kier alpha value is -0.376. The molecule has 1 aliphatic heterocycles. The average Bonchev–Trinajstić information content (AvgIpc) is 2.29. The van der Waals surface area contributed by atoms with Gasteiger partial charge >= 0.3 is 105 Å². The molecule has 0 spiro atoms. The van der Waals surface area contributed by atoms with Crippen LogP contribution in [-0.4, -0.2) is 15.9 Å². The first kappa shape index (κ1) is 12.1. The summed E-state index contributed by atoms with van der Waals surface area (Å²) in [6.45, 7) is 0.884. The number of likely N-dealkylation sites (tertiary alicyclic amines) is 1. The van der Waals surface area contributed by atoms with Crippen molar-refractivity contribution in [3.63, 3.8) is 0 Å². The van der Waals surface area contributed by atoms with E-state index in [0.717, 1.165) is 25.8 Å². The van der Waals surface area contributed by atoms with Gasteiger partial charge in [-0.2, -0.15) is 0 Å². The van der Waals surface area contributed by atoms with Gasteiger partial charge in [0.1, 0.15) is 0 Å². The number of hydrogen-bond donors (Lipinski definition) is 0. The molecule has 1 aromatic carbocycles. The third-order valence-corrected chi connectivity index (χ3v) is 3.56. The van der Waals surface area contributed by atoms with Crippen LogP contribution in [0.3, 0.4) is 0 Å². The number of hydrogen-bond acceptors (Lipinski definition) is 1. The zero-order chi connectivity index (χ0) is 11.5. The summed E-state index contributed by atoms with van der Waals surface area (Å²) in [5.74, 6) is -0.863. The summed E-state index contributed by atoms with van der Waals surface area (Å²) >= 11 is 1.91. The molecular formula is C12H13F2NTi. The zero-order valence-corrected chi connectivity index (χ0v) is 10.5. The molecule has 0 N–H and O–H groups in total. The summed E-state index contributed by atoms with van der Waals surface area (Å²) in [4.78, 5) is 2.03. The van der Waals surface area contributed by atoms with Crippen molar-refractivity contribution in [1.29, 1.82) is 0 Å². The fourth-order valence-corrected chi connectivity index (χ4v) is 2.73. The Balaban J connectivity index is 2.37. The molecule has 2 rings (SSSR count). The molecule has 1 aliphatic rings. The van der Waals surface area contributed by atoms with Gasteiger partial charge in [-0.05, 0) is 0 Å². The van der Waals surface area contributed by atoms with Gasteiger partial charge in [0.25, 0.3) is 0 Å². The predicted molar refractivity (Wildman–Crippen MR) is 55.7 cm³/mol. The Morgan fingerprint density at radius 2 is 1.94 bits per heavy atom. The van der Waals surface area contributed by atoms with Crippen molar-refractivity contribution in [1.82, 2.24) is 4.90 Å². The SMILES string of the molecule is Fc1cccc(F)c1C1CCCCN1[CH]=[Ti]. The number of nitrogens with zero attached hydrogens (tertiary/aromatic N) is 1. The molecule has 0 amide bonds. The molecule has 1 unspecified atom stereocenters. The van der Waals surface area contributed by atoms with Gasteiger partial charge in [-0.1, -0.05) is 0 Å². The molecule has 1 fully saturated rings. The van der Waals surface area contributed by atoms with Crippen LogP contribution in [0.1, 0.15) is 30.9 Å². The Morgan fingerprint density at radius 1 is 1.25 bits per heavy atom. The standard InChI is InChI=1S/C12H13F2N.Ti/c1-15-8-3-2-7-11(15)12-9(13)5-4-6-10(12)14;/h1,4-6,11H,2-3,7-8H2;. The summed E-state index contributed by atoms with van der Waals surface area (Å²) in [6, 6.07) is 3.94. The van der Waals surface area contributed by atoms with Gasteiger partial charge in [0.2, 0.25) is 0 Å². The fraction of sp³-hybridized carbons (Fsp3) is 0.417. The molecule has 0 aromatic heterocycles. The first-order valence-electron chi connectivity index (χ1n) is 5.44. The van der Waals surface area contributed by atoms with Gasteiger partial charge in [-0.25, -0.2) is 0 Å². The molecule has 1 nitrogen and oxygen atoms in total. The second kappa shape index (κ2) is 5.30. The van der Waals surface area contributed by atoms with E-state index in [1.54, 1.807) is 0 Å². The molecule has 0 saturated carbocycles. The number of halogens is 2. The van der Waals surface area contributed by atoms with Gasteiger partial charge in [-0.15, -0.1) is 0 Å².